The molecule has 2 N–H and O–H groups in total. The molecule has 0 saturated heterocycles. The van der Waals surface area contributed by atoms with Crippen LogP contribution < -0.4 is 0 Å². The number of halogens is 1. The number of hydrogen-bond acceptors (Lipinski definition) is 2. The van der Waals surface area contributed by atoms with E-state index in [1.54, 1.807) is 18.2 Å². The van der Waals surface area contributed by atoms with E-state index in [1.165, 1.54) is 5.56 Å². The van der Waals surface area contributed by atoms with Gasteiger partial charge in [0.15, 0.2) is 5.57 Å². The van der Waals surface area contributed by atoms with Crippen molar-refractivity contribution in [2.75, 3.05) is 0 Å². The summed E-state index contributed by atoms with van der Waals surface area (Å²) in [5.41, 5.74) is 0.0983. The van der Waals surface area contributed by atoms with Gasteiger partial charge in [0.2, 0.25) is 0 Å². The van der Waals surface area contributed by atoms with Gasteiger partial charge in [-0.1, -0.05) is 55.8 Å². The highest BCUT2D eigenvalue weighted by Crippen LogP contribution is 2.37. The second-order valence-corrected chi connectivity index (χ2v) is 4.90. The number of allylic oxidation sites excluding steroid dienone is 4. The number of alkyl halides is 1. The monoisotopic (exact) mass is 260 g/mol. The molecule has 1 unspecified atom stereocenters. The second kappa shape index (κ2) is 5.72. The Bertz CT molecular complexity index is 493. The van der Waals surface area contributed by atoms with E-state index in [2.05, 4.69) is 6.92 Å². The number of hydrogen-bond donors (Lipinski definition) is 2. The van der Waals surface area contributed by atoms with Crippen molar-refractivity contribution in [1.29, 1.82) is 0 Å². The fraction of sp³-hybridized carbons (Fsp3) is 0.333. The van der Waals surface area contributed by atoms with E-state index in [0.29, 0.717) is 11.1 Å². The Kier molecular flexibility index (Phi) is 4.22. The third-order valence-corrected chi connectivity index (χ3v) is 3.47. The van der Waals surface area contributed by atoms with E-state index in [-0.39, 0.29) is 6.42 Å². The largest absolute Gasteiger partial charge is 0.496 e. The van der Waals surface area contributed by atoms with Crippen molar-refractivity contribution in [2.24, 2.45) is 0 Å². The molecule has 1 aliphatic rings. The lowest BCUT2D eigenvalue weighted by Crippen LogP contribution is -2.43. The molecule has 0 fully saturated rings. The molecule has 4 heteroatoms. The summed E-state index contributed by atoms with van der Waals surface area (Å²) in [4.78, 5) is 0. The first-order valence-electron chi connectivity index (χ1n) is 6.59. The highest BCUT2D eigenvalue weighted by Gasteiger charge is 2.46. The molecule has 1 aromatic carbocycles. The minimum atomic E-state index is -2.12. The minimum Gasteiger partial charge on any atom is -0.425 e. The zero-order chi connectivity index (χ0) is 13.9. The Hall–Kier alpha value is -1.39. The van der Waals surface area contributed by atoms with Crippen LogP contribution in [-0.4, -0.2) is 22.7 Å². The van der Waals surface area contributed by atoms with E-state index in [1.807, 2.05) is 24.3 Å². The second-order valence-electron chi connectivity index (χ2n) is 4.90. The lowest BCUT2D eigenvalue weighted by atomic mass is 9.61. The quantitative estimate of drug-likeness (QED) is 0.817. The van der Waals surface area contributed by atoms with Gasteiger partial charge < -0.3 is 10.0 Å². The Morgan fingerprint density at radius 1 is 1.26 bits per heavy atom. The van der Waals surface area contributed by atoms with Gasteiger partial charge in [-0.25, -0.2) is 4.39 Å². The minimum absolute atomic E-state index is 0.0206. The maximum absolute atomic E-state index is 14.7. The molecular weight excluding hydrogens is 242 g/mol. The van der Waals surface area contributed by atoms with Crippen molar-refractivity contribution >= 4 is 12.7 Å². The van der Waals surface area contributed by atoms with Crippen molar-refractivity contribution in [1.82, 2.24) is 0 Å². The third-order valence-electron chi connectivity index (χ3n) is 3.47. The van der Waals surface area contributed by atoms with Crippen LogP contribution in [0.3, 0.4) is 0 Å². The zero-order valence-electron chi connectivity index (χ0n) is 11.0. The van der Waals surface area contributed by atoms with Crippen LogP contribution in [0.25, 0.3) is 5.57 Å². The molecule has 0 heterocycles. The molecular formula is C15H18BFO2. The first-order chi connectivity index (χ1) is 9.08. The molecule has 1 aliphatic carbocycles. The van der Waals surface area contributed by atoms with Gasteiger partial charge in [0.1, 0.15) is 0 Å². The molecule has 0 saturated carbocycles. The van der Waals surface area contributed by atoms with Crippen molar-refractivity contribution < 1.29 is 14.4 Å². The Morgan fingerprint density at radius 3 is 2.53 bits per heavy atom. The maximum atomic E-state index is 14.7. The maximum Gasteiger partial charge on any atom is 0.496 e. The fourth-order valence-electron chi connectivity index (χ4n) is 2.37. The molecule has 0 amide bonds. The molecule has 100 valence electrons. The summed E-state index contributed by atoms with van der Waals surface area (Å²) in [6, 6.07) is 7.60. The molecule has 0 aliphatic heterocycles. The molecule has 1 atom stereocenters. The molecule has 0 spiro atoms. The topological polar surface area (TPSA) is 40.5 Å². The van der Waals surface area contributed by atoms with E-state index in [0.717, 1.165) is 12.8 Å². The summed E-state index contributed by atoms with van der Waals surface area (Å²) < 4.78 is 14.7. The average Bonchev–Trinajstić information content (AvgIpc) is 2.41. The normalized spacial score (nSPS) is 22.2. The van der Waals surface area contributed by atoms with Gasteiger partial charge in [-0.2, -0.15) is 0 Å². The van der Waals surface area contributed by atoms with Gasteiger partial charge in [0.05, 0.1) is 0 Å². The van der Waals surface area contributed by atoms with Crippen molar-refractivity contribution in [2.45, 2.75) is 31.8 Å². The first-order valence-corrected chi connectivity index (χ1v) is 6.59. The zero-order valence-corrected chi connectivity index (χ0v) is 11.0. The van der Waals surface area contributed by atoms with E-state index < -0.39 is 12.7 Å². The smallest absolute Gasteiger partial charge is 0.425 e. The summed E-state index contributed by atoms with van der Waals surface area (Å²) in [6.45, 7) is 2.11. The summed E-state index contributed by atoms with van der Waals surface area (Å²) in [7, 11) is -2.01. The molecule has 2 nitrogen and oxygen atoms in total. The Balaban J connectivity index is 2.33. The Labute approximate surface area is 113 Å². The fourth-order valence-corrected chi connectivity index (χ4v) is 2.37. The predicted molar refractivity (Wildman–Crippen MR) is 76.2 cm³/mol. The molecule has 0 aromatic heterocycles. The average molecular weight is 260 g/mol. The molecule has 2 rings (SSSR count). The van der Waals surface area contributed by atoms with E-state index >= 15 is 0 Å². The van der Waals surface area contributed by atoms with Gasteiger partial charge in [0.25, 0.3) is 0 Å². The van der Waals surface area contributed by atoms with Crippen LogP contribution in [0.15, 0.2) is 42.5 Å². The molecule has 0 radical (unpaired) electrons. The van der Waals surface area contributed by atoms with Crippen LogP contribution in [0, 0.1) is 0 Å². The SMILES string of the molecule is CCCc1ccc(C2=CC=CCC2(F)B(O)O)cc1. The van der Waals surface area contributed by atoms with Crippen LogP contribution >= 0.6 is 0 Å². The van der Waals surface area contributed by atoms with Crippen molar-refractivity contribution in [3.63, 3.8) is 0 Å². The van der Waals surface area contributed by atoms with Gasteiger partial charge in [0, 0.05) is 6.42 Å². The van der Waals surface area contributed by atoms with E-state index in [9.17, 15) is 14.4 Å². The number of aryl methyl sites for hydroxylation is 1. The van der Waals surface area contributed by atoms with Crippen LogP contribution in [-0.2, 0) is 6.42 Å². The number of rotatable bonds is 4. The van der Waals surface area contributed by atoms with Crippen LogP contribution in [0.4, 0.5) is 4.39 Å². The highest BCUT2D eigenvalue weighted by atomic mass is 19.1. The molecule has 1 aromatic rings. The molecule has 0 bridgehead atoms. The van der Waals surface area contributed by atoms with Crippen molar-refractivity contribution in [3.8, 4) is 0 Å². The van der Waals surface area contributed by atoms with Gasteiger partial charge in [-0.3, -0.25) is 0 Å². The summed E-state index contributed by atoms with van der Waals surface area (Å²) in [5.74, 6) is 0. The van der Waals surface area contributed by atoms with Gasteiger partial charge in [-0.05, 0) is 23.1 Å². The number of benzene rings is 1. The summed E-state index contributed by atoms with van der Waals surface area (Å²) in [6.07, 6.45) is 6.99. The summed E-state index contributed by atoms with van der Waals surface area (Å²) >= 11 is 0. The first kappa shape index (κ1) is 14.0. The molecule has 19 heavy (non-hydrogen) atoms. The highest BCUT2D eigenvalue weighted by molar-refractivity contribution is 6.49. The van der Waals surface area contributed by atoms with Crippen LogP contribution in [0.2, 0.25) is 0 Å². The Morgan fingerprint density at radius 2 is 1.95 bits per heavy atom. The van der Waals surface area contributed by atoms with E-state index in [4.69, 9.17) is 0 Å². The lowest BCUT2D eigenvalue weighted by Gasteiger charge is -2.28. The van der Waals surface area contributed by atoms with Crippen LogP contribution in [0.5, 0.6) is 0 Å². The standard InChI is InChI=1S/C15H18BFO2/c1-2-5-12-7-9-13(10-8-12)14-6-3-4-11-15(14,17)16(18)19/h3-4,6-10,18-19H,2,5,11H2,1H3. The third kappa shape index (κ3) is 2.80. The van der Waals surface area contributed by atoms with Crippen molar-refractivity contribution in [3.05, 3.63) is 53.6 Å². The van der Waals surface area contributed by atoms with Gasteiger partial charge >= 0.3 is 7.12 Å². The lowest BCUT2D eigenvalue weighted by molar-refractivity contribution is 0.254. The van der Waals surface area contributed by atoms with Gasteiger partial charge in [-0.15, -0.1) is 0 Å². The van der Waals surface area contributed by atoms with Crippen LogP contribution in [0.1, 0.15) is 30.9 Å². The summed E-state index contributed by atoms with van der Waals surface area (Å²) in [5, 5.41) is 18.6. The predicted octanol–water partition coefficient (Wildman–Crippen LogP) is 2.70.